The summed E-state index contributed by atoms with van der Waals surface area (Å²) in [5.74, 6) is 0.423. The number of nitrogens with one attached hydrogen (secondary N) is 1. The zero-order valence-corrected chi connectivity index (χ0v) is 17.4. The van der Waals surface area contributed by atoms with E-state index in [1.54, 1.807) is 15.6 Å². The largest absolute Gasteiger partial charge is 0.328 e. The minimum absolute atomic E-state index is 0.228. The average Bonchev–Trinajstić information content (AvgIpc) is 3.19. The zero-order valence-electron chi connectivity index (χ0n) is 17.4. The Morgan fingerprint density at radius 2 is 1.84 bits per heavy atom. The third-order valence-electron chi connectivity index (χ3n) is 6.30. The minimum atomic E-state index is -0.377. The first-order valence-electron chi connectivity index (χ1n) is 10.8. The molecule has 8 nitrogen and oxygen atoms in total. The van der Waals surface area contributed by atoms with E-state index in [2.05, 4.69) is 44.6 Å². The van der Waals surface area contributed by atoms with Crippen LogP contribution in [0.4, 0.5) is 10.5 Å². The summed E-state index contributed by atoms with van der Waals surface area (Å²) in [6, 6.07) is 8.05. The van der Waals surface area contributed by atoms with Crippen LogP contribution in [0.3, 0.4) is 0 Å². The molecule has 5 rings (SSSR count). The smallest absolute Gasteiger partial charge is 0.299 e. The van der Waals surface area contributed by atoms with E-state index in [4.69, 9.17) is 0 Å². The number of fused-ring (bicyclic) bond motifs is 1. The molecule has 0 unspecified atom stereocenters. The van der Waals surface area contributed by atoms with Crippen LogP contribution in [0.15, 0.2) is 49.1 Å². The number of rotatable bonds is 5. The summed E-state index contributed by atoms with van der Waals surface area (Å²) < 4.78 is 1.79. The Hall–Kier alpha value is -3.26. The number of nitrogens with zero attached hydrogens (tertiary/aromatic N) is 5. The second-order valence-corrected chi connectivity index (χ2v) is 8.43. The van der Waals surface area contributed by atoms with Crippen molar-refractivity contribution in [2.24, 2.45) is 5.92 Å². The second kappa shape index (κ2) is 8.47. The number of anilines is 1. The molecule has 0 aromatic carbocycles. The Morgan fingerprint density at radius 3 is 2.61 bits per heavy atom. The lowest BCUT2D eigenvalue weighted by atomic mass is 9.90. The van der Waals surface area contributed by atoms with Crippen molar-refractivity contribution < 1.29 is 9.59 Å². The Bertz CT molecular complexity index is 1090. The van der Waals surface area contributed by atoms with E-state index in [-0.39, 0.29) is 11.9 Å². The van der Waals surface area contributed by atoms with Gasteiger partial charge in [-0.15, -0.1) is 0 Å². The number of pyridine rings is 2. The number of urea groups is 1. The molecular formula is C23H26N6O2. The Kier molecular flexibility index (Phi) is 5.38. The molecule has 2 aliphatic rings. The molecule has 0 atom stereocenters. The molecular weight excluding hydrogens is 392 g/mol. The third-order valence-corrected chi connectivity index (χ3v) is 6.30. The predicted octanol–water partition coefficient (Wildman–Crippen LogP) is 2.63. The summed E-state index contributed by atoms with van der Waals surface area (Å²) in [6.45, 7) is 3.58. The average molecular weight is 419 g/mol. The Labute approximate surface area is 180 Å². The van der Waals surface area contributed by atoms with Gasteiger partial charge in [-0.2, -0.15) is 5.10 Å². The fourth-order valence-electron chi connectivity index (χ4n) is 4.57. The van der Waals surface area contributed by atoms with Gasteiger partial charge in [0.05, 0.1) is 17.4 Å². The van der Waals surface area contributed by atoms with Crippen LogP contribution in [-0.4, -0.2) is 51.1 Å². The van der Waals surface area contributed by atoms with Gasteiger partial charge in [-0.05, 0) is 73.7 Å². The molecule has 3 aromatic heterocycles. The van der Waals surface area contributed by atoms with Crippen molar-refractivity contribution in [3.8, 4) is 0 Å². The lowest BCUT2D eigenvalue weighted by Gasteiger charge is -2.32. The predicted molar refractivity (Wildman–Crippen MR) is 117 cm³/mol. The fraction of sp³-hybridized carbons (Fsp3) is 0.391. The van der Waals surface area contributed by atoms with Crippen LogP contribution in [-0.2, 0) is 17.8 Å². The maximum atomic E-state index is 12.3. The van der Waals surface area contributed by atoms with Crippen molar-refractivity contribution in [3.63, 3.8) is 0 Å². The quantitative estimate of drug-likeness (QED) is 0.689. The summed E-state index contributed by atoms with van der Waals surface area (Å²) in [5.41, 5.74) is 4.22. The number of piperidine rings is 1. The maximum Gasteiger partial charge on any atom is 0.328 e. The standard InChI is InChI=1S/C23H26N6O2/c30-22-6-11-28(23(31)26-22)21-15-25-29-12-5-19(14-20(21)29)13-17-3-9-27(10-4-17)16-18-1-7-24-8-2-18/h1-2,5,7-8,12,14-15,17H,3-4,6,9-11,13,16H2,(H,26,30,31). The van der Waals surface area contributed by atoms with E-state index in [0.29, 0.717) is 18.9 Å². The van der Waals surface area contributed by atoms with Gasteiger partial charge in [0.25, 0.3) is 0 Å². The molecule has 5 heterocycles. The van der Waals surface area contributed by atoms with Gasteiger partial charge in [-0.25, -0.2) is 9.31 Å². The number of hydrogen-bond donors (Lipinski definition) is 1. The van der Waals surface area contributed by atoms with E-state index < -0.39 is 0 Å². The number of hydrogen-bond acceptors (Lipinski definition) is 5. The van der Waals surface area contributed by atoms with Gasteiger partial charge in [0.1, 0.15) is 0 Å². The van der Waals surface area contributed by atoms with Crippen LogP contribution in [0.1, 0.15) is 30.4 Å². The van der Waals surface area contributed by atoms with Crippen molar-refractivity contribution in [1.29, 1.82) is 0 Å². The highest BCUT2D eigenvalue weighted by Gasteiger charge is 2.27. The molecule has 0 radical (unpaired) electrons. The van der Waals surface area contributed by atoms with E-state index >= 15 is 0 Å². The van der Waals surface area contributed by atoms with Crippen LogP contribution < -0.4 is 10.2 Å². The van der Waals surface area contributed by atoms with Crippen LogP contribution >= 0.6 is 0 Å². The van der Waals surface area contributed by atoms with Gasteiger partial charge in [0, 0.05) is 38.1 Å². The summed E-state index contributed by atoms with van der Waals surface area (Å²) >= 11 is 0. The van der Waals surface area contributed by atoms with Gasteiger partial charge < -0.3 is 0 Å². The maximum absolute atomic E-state index is 12.3. The monoisotopic (exact) mass is 418 g/mol. The Balaban J connectivity index is 1.24. The zero-order chi connectivity index (χ0) is 21.2. The van der Waals surface area contributed by atoms with Crippen LogP contribution in [0, 0.1) is 5.92 Å². The molecule has 0 spiro atoms. The molecule has 2 fully saturated rings. The first kappa shape index (κ1) is 19.7. The summed E-state index contributed by atoms with van der Waals surface area (Å²) in [4.78, 5) is 31.9. The molecule has 160 valence electrons. The molecule has 1 N–H and O–H groups in total. The molecule has 3 aromatic rings. The molecule has 2 saturated heterocycles. The van der Waals surface area contributed by atoms with E-state index in [0.717, 1.165) is 37.3 Å². The first-order valence-corrected chi connectivity index (χ1v) is 10.8. The van der Waals surface area contributed by atoms with E-state index in [1.165, 1.54) is 24.0 Å². The molecule has 0 bridgehead atoms. The van der Waals surface area contributed by atoms with E-state index in [1.807, 2.05) is 18.6 Å². The van der Waals surface area contributed by atoms with Gasteiger partial charge in [-0.3, -0.25) is 24.9 Å². The lowest BCUT2D eigenvalue weighted by Crippen LogP contribution is -2.49. The van der Waals surface area contributed by atoms with E-state index in [9.17, 15) is 9.59 Å². The normalized spacial score (nSPS) is 18.5. The van der Waals surface area contributed by atoms with Crippen molar-refractivity contribution in [2.45, 2.75) is 32.2 Å². The number of amides is 3. The van der Waals surface area contributed by atoms with Crippen molar-refractivity contribution >= 4 is 23.1 Å². The van der Waals surface area contributed by atoms with Crippen molar-refractivity contribution in [2.75, 3.05) is 24.5 Å². The molecule has 31 heavy (non-hydrogen) atoms. The van der Waals surface area contributed by atoms with Crippen LogP contribution in [0.2, 0.25) is 0 Å². The number of likely N-dealkylation sites (tertiary alicyclic amines) is 1. The highest BCUT2D eigenvalue weighted by Crippen LogP contribution is 2.27. The first-order chi connectivity index (χ1) is 15.2. The Morgan fingerprint density at radius 1 is 1.03 bits per heavy atom. The van der Waals surface area contributed by atoms with Gasteiger partial charge >= 0.3 is 6.03 Å². The molecule has 0 saturated carbocycles. The number of imide groups is 1. The molecule has 2 aliphatic heterocycles. The van der Waals surface area contributed by atoms with Gasteiger partial charge in [0.2, 0.25) is 5.91 Å². The molecule has 8 heteroatoms. The third kappa shape index (κ3) is 4.29. The summed E-state index contributed by atoms with van der Waals surface area (Å²) in [6.07, 6.45) is 11.1. The number of carbonyl (C=O) groups excluding carboxylic acids is 2. The van der Waals surface area contributed by atoms with Crippen molar-refractivity contribution in [1.82, 2.24) is 24.8 Å². The lowest BCUT2D eigenvalue weighted by molar-refractivity contribution is -0.120. The fourth-order valence-corrected chi connectivity index (χ4v) is 4.57. The SMILES string of the molecule is O=C1CCN(c2cnn3ccc(CC4CCN(Cc5ccncc5)CC4)cc23)C(=O)N1. The summed E-state index contributed by atoms with van der Waals surface area (Å²) in [7, 11) is 0. The minimum Gasteiger partial charge on any atom is -0.299 e. The topological polar surface area (TPSA) is 82.8 Å². The number of aromatic nitrogens is 3. The molecule has 3 amide bonds. The highest BCUT2D eigenvalue weighted by molar-refractivity contribution is 6.07. The highest BCUT2D eigenvalue weighted by atomic mass is 16.2. The second-order valence-electron chi connectivity index (χ2n) is 8.43. The van der Waals surface area contributed by atoms with Gasteiger partial charge in [0.15, 0.2) is 0 Å². The van der Waals surface area contributed by atoms with Crippen molar-refractivity contribution in [3.05, 3.63) is 60.2 Å². The van der Waals surface area contributed by atoms with Crippen LogP contribution in [0.5, 0.6) is 0 Å². The summed E-state index contributed by atoms with van der Waals surface area (Å²) in [5, 5.41) is 6.77. The molecule has 0 aliphatic carbocycles. The number of carbonyl (C=O) groups is 2. The van der Waals surface area contributed by atoms with Gasteiger partial charge in [-0.1, -0.05) is 0 Å². The van der Waals surface area contributed by atoms with Crippen LogP contribution in [0.25, 0.3) is 5.52 Å².